The Morgan fingerprint density at radius 2 is 2.32 bits per heavy atom. The maximum Gasteiger partial charge on any atom is 0.324 e. The molecule has 3 nitrogen and oxygen atoms in total. The van der Waals surface area contributed by atoms with Gasteiger partial charge in [0.25, 0.3) is 0 Å². The highest BCUT2D eigenvalue weighted by molar-refractivity contribution is 8.00. The van der Waals surface area contributed by atoms with E-state index in [-0.39, 0.29) is 17.8 Å². The number of thioether (sulfide) groups is 1. The molecular formula is C14H13NO2S2. The third kappa shape index (κ3) is 2.82. The Labute approximate surface area is 120 Å². The summed E-state index contributed by atoms with van der Waals surface area (Å²) in [5.74, 6) is 0.806. The van der Waals surface area contributed by atoms with Gasteiger partial charge in [-0.25, -0.2) is 4.98 Å². The number of ether oxygens (including phenoxy) is 1. The third-order valence-corrected chi connectivity index (χ3v) is 5.00. The van der Waals surface area contributed by atoms with Crippen LogP contribution in [0.1, 0.15) is 21.4 Å². The molecule has 1 aliphatic heterocycles. The molecule has 0 saturated carbocycles. The molecule has 0 saturated heterocycles. The molecule has 0 fully saturated rings. The predicted octanol–water partition coefficient (Wildman–Crippen LogP) is 3.22. The maximum absolute atomic E-state index is 12.2. The van der Waals surface area contributed by atoms with Gasteiger partial charge < -0.3 is 4.74 Å². The summed E-state index contributed by atoms with van der Waals surface area (Å²) in [6, 6.07) is 8.12. The molecule has 98 valence electrons. The molecular weight excluding hydrogens is 278 g/mol. The number of rotatable bonds is 3. The van der Waals surface area contributed by atoms with Crippen molar-refractivity contribution in [3.05, 3.63) is 52.0 Å². The Morgan fingerprint density at radius 3 is 3.16 bits per heavy atom. The van der Waals surface area contributed by atoms with Gasteiger partial charge in [-0.15, -0.1) is 23.1 Å². The van der Waals surface area contributed by atoms with Crippen LogP contribution in [0.25, 0.3) is 0 Å². The van der Waals surface area contributed by atoms with E-state index >= 15 is 0 Å². The molecule has 0 N–H and O–H groups in total. The number of esters is 1. The van der Waals surface area contributed by atoms with Crippen molar-refractivity contribution in [2.45, 2.75) is 18.3 Å². The van der Waals surface area contributed by atoms with E-state index in [2.05, 4.69) is 11.1 Å². The number of nitrogens with zero attached hydrogens (tertiary/aromatic N) is 1. The Morgan fingerprint density at radius 1 is 1.42 bits per heavy atom. The van der Waals surface area contributed by atoms with Gasteiger partial charge in [0, 0.05) is 11.6 Å². The molecule has 1 unspecified atom stereocenters. The molecule has 0 aliphatic carbocycles. The van der Waals surface area contributed by atoms with Crippen molar-refractivity contribution in [1.82, 2.24) is 4.98 Å². The normalized spacial score (nSPS) is 17.8. The van der Waals surface area contributed by atoms with E-state index in [1.807, 2.05) is 23.6 Å². The highest BCUT2D eigenvalue weighted by Gasteiger charge is 2.28. The lowest BCUT2D eigenvalue weighted by Gasteiger charge is -2.23. The first-order valence-corrected chi connectivity index (χ1v) is 8.02. The van der Waals surface area contributed by atoms with Crippen molar-refractivity contribution in [3.63, 3.8) is 0 Å². The molecule has 2 aromatic rings. The fraction of sp³-hybridized carbons (Fsp3) is 0.286. The van der Waals surface area contributed by atoms with Crippen LogP contribution in [0.3, 0.4) is 0 Å². The van der Waals surface area contributed by atoms with Crippen LogP contribution < -0.4 is 0 Å². The Hall–Kier alpha value is -1.33. The molecule has 3 rings (SSSR count). The molecule has 1 aromatic heterocycles. The number of aromatic nitrogens is 1. The topological polar surface area (TPSA) is 39.2 Å². The highest BCUT2D eigenvalue weighted by atomic mass is 32.2. The molecule has 0 radical (unpaired) electrons. The second kappa shape index (κ2) is 5.75. The first-order chi connectivity index (χ1) is 9.34. The van der Waals surface area contributed by atoms with Crippen LogP contribution in [0, 0.1) is 0 Å². The van der Waals surface area contributed by atoms with Crippen LogP contribution in [-0.2, 0) is 22.6 Å². The summed E-state index contributed by atoms with van der Waals surface area (Å²) in [4.78, 5) is 16.3. The van der Waals surface area contributed by atoms with Gasteiger partial charge in [-0.05, 0) is 23.3 Å². The van der Waals surface area contributed by atoms with Gasteiger partial charge in [0.1, 0.15) is 16.9 Å². The summed E-state index contributed by atoms with van der Waals surface area (Å²) in [5, 5.41) is 2.53. The average molecular weight is 291 g/mol. The first-order valence-electron chi connectivity index (χ1n) is 6.09. The molecule has 19 heavy (non-hydrogen) atoms. The quantitative estimate of drug-likeness (QED) is 0.814. The lowest BCUT2D eigenvalue weighted by molar-refractivity contribution is -0.144. The fourth-order valence-corrected chi connectivity index (χ4v) is 3.84. The minimum Gasteiger partial charge on any atom is -0.457 e. The second-order valence-corrected chi connectivity index (χ2v) is 6.43. The number of benzene rings is 1. The van der Waals surface area contributed by atoms with Gasteiger partial charge >= 0.3 is 5.97 Å². The summed E-state index contributed by atoms with van der Waals surface area (Å²) in [6.45, 7) is 0.274. The lowest BCUT2D eigenvalue weighted by Crippen LogP contribution is -2.18. The molecule has 2 heterocycles. The number of fused-ring (bicyclic) bond motifs is 1. The van der Waals surface area contributed by atoms with Crippen molar-refractivity contribution in [3.8, 4) is 0 Å². The second-order valence-electron chi connectivity index (χ2n) is 4.23. The third-order valence-electron chi connectivity index (χ3n) is 3.03. The van der Waals surface area contributed by atoms with E-state index in [4.69, 9.17) is 4.74 Å². The van der Waals surface area contributed by atoms with Crippen LogP contribution in [0.2, 0.25) is 0 Å². The van der Waals surface area contributed by atoms with Crippen LogP contribution in [0.15, 0.2) is 35.8 Å². The Bertz CT molecular complexity index is 569. The van der Waals surface area contributed by atoms with Crippen molar-refractivity contribution >= 4 is 29.1 Å². The molecule has 1 atom stereocenters. The Balaban J connectivity index is 1.71. The van der Waals surface area contributed by atoms with Gasteiger partial charge in [-0.3, -0.25) is 4.79 Å². The van der Waals surface area contributed by atoms with Crippen molar-refractivity contribution < 1.29 is 9.53 Å². The Kier molecular flexibility index (Phi) is 3.84. The summed E-state index contributed by atoms with van der Waals surface area (Å²) in [5.41, 5.74) is 2.36. The van der Waals surface area contributed by atoms with Crippen LogP contribution in [0.4, 0.5) is 0 Å². The van der Waals surface area contributed by atoms with E-state index < -0.39 is 0 Å². The number of hydrogen-bond acceptors (Lipinski definition) is 5. The van der Waals surface area contributed by atoms with Crippen molar-refractivity contribution in [1.29, 1.82) is 0 Å². The molecule has 1 aliphatic rings. The number of aryl methyl sites for hydroxylation is 1. The van der Waals surface area contributed by atoms with Crippen LogP contribution in [-0.4, -0.2) is 16.7 Å². The summed E-state index contributed by atoms with van der Waals surface area (Å²) in [7, 11) is 0. The minimum absolute atomic E-state index is 0.160. The van der Waals surface area contributed by atoms with Crippen molar-refractivity contribution in [2.24, 2.45) is 0 Å². The van der Waals surface area contributed by atoms with E-state index in [0.717, 1.165) is 22.7 Å². The SMILES string of the molecule is O=C(OCc1nccs1)C1SCCc2ccccc21. The largest absolute Gasteiger partial charge is 0.457 e. The number of thiazole rings is 1. The van der Waals surface area contributed by atoms with Gasteiger partial charge in [0.15, 0.2) is 0 Å². The van der Waals surface area contributed by atoms with Gasteiger partial charge in [0.05, 0.1) is 0 Å². The highest BCUT2D eigenvalue weighted by Crippen LogP contribution is 2.37. The molecule has 5 heteroatoms. The number of carbonyl (C=O) groups is 1. The van der Waals surface area contributed by atoms with Gasteiger partial charge in [-0.1, -0.05) is 24.3 Å². The fourth-order valence-electron chi connectivity index (χ4n) is 2.12. The standard InChI is InChI=1S/C14H13NO2S2/c16-14(17-9-12-15-6-8-18-12)13-11-4-2-1-3-10(11)5-7-19-13/h1-4,6,8,13H,5,7,9H2. The zero-order chi connectivity index (χ0) is 13.1. The molecule has 0 spiro atoms. The van der Waals surface area contributed by atoms with E-state index in [1.165, 1.54) is 16.9 Å². The summed E-state index contributed by atoms with van der Waals surface area (Å²) >= 11 is 3.16. The van der Waals surface area contributed by atoms with Crippen LogP contribution >= 0.6 is 23.1 Å². The lowest BCUT2D eigenvalue weighted by atomic mass is 10.0. The first kappa shape index (κ1) is 12.7. The predicted molar refractivity (Wildman–Crippen MR) is 77.3 cm³/mol. The molecule has 0 amide bonds. The van der Waals surface area contributed by atoms with Crippen LogP contribution in [0.5, 0.6) is 0 Å². The monoisotopic (exact) mass is 291 g/mol. The molecule has 0 bridgehead atoms. The van der Waals surface area contributed by atoms with Gasteiger partial charge in [-0.2, -0.15) is 0 Å². The zero-order valence-corrected chi connectivity index (χ0v) is 11.9. The van der Waals surface area contributed by atoms with Gasteiger partial charge in [0.2, 0.25) is 0 Å². The zero-order valence-electron chi connectivity index (χ0n) is 10.2. The average Bonchev–Trinajstić information content (AvgIpc) is 2.97. The number of carbonyl (C=O) groups excluding carboxylic acids is 1. The van der Waals surface area contributed by atoms with Crippen molar-refractivity contribution in [2.75, 3.05) is 5.75 Å². The molecule has 1 aromatic carbocycles. The smallest absolute Gasteiger partial charge is 0.324 e. The van der Waals surface area contributed by atoms with E-state index in [0.29, 0.717) is 0 Å². The summed E-state index contributed by atoms with van der Waals surface area (Å²) in [6.07, 6.45) is 2.75. The van der Waals surface area contributed by atoms with E-state index in [9.17, 15) is 4.79 Å². The number of hydrogen-bond donors (Lipinski definition) is 0. The maximum atomic E-state index is 12.2. The van der Waals surface area contributed by atoms with E-state index in [1.54, 1.807) is 18.0 Å². The summed E-state index contributed by atoms with van der Waals surface area (Å²) < 4.78 is 5.37. The minimum atomic E-state index is -0.190.